The lowest BCUT2D eigenvalue weighted by molar-refractivity contribution is 0.668. The van der Waals surface area contributed by atoms with Gasteiger partial charge in [-0.25, -0.2) is 0 Å². The molecule has 0 fully saturated rings. The Labute approximate surface area is 283 Å². The molecule has 1 unspecified atom stereocenters. The number of anilines is 1. The van der Waals surface area contributed by atoms with Crippen molar-refractivity contribution >= 4 is 49.8 Å². The van der Waals surface area contributed by atoms with Gasteiger partial charge in [0, 0.05) is 29.1 Å². The number of furan rings is 1. The molecule has 3 heteroatoms. The summed E-state index contributed by atoms with van der Waals surface area (Å²) in [4.78, 5) is 5.42. The summed E-state index contributed by atoms with van der Waals surface area (Å²) in [6.45, 7) is 10.9. The van der Waals surface area contributed by atoms with Gasteiger partial charge in [0.15, 0.2) is 0 Å². The van der Waals surface area contributed by atoms with Crippen LogP contribution in [0.15, 0.2) is 136 Å². The van der Waals surface area contributed by atoms with Gasteiger partial charge in [-0.3, -0.25) is 4.99 Å². The van der Waals surface area contributed by atoms with Gasteiger partial charge in [-0.15, -0.1) is 0 Å². The van der Waals surface area contributed by atoms with Crippen LogP contribution in [0.5, 0.6) is 0 Å². The molecular formula is C45H42N2O. The molecule has 1 aromatic heterocycles. The summed E-state index contributed by atoms with van der Waals surface area (Å²) in [7, 11) is 1.97. The number of aryl methyl sites for hydroxylation is 1. The van der Waals surface area contributed by atoms with E-state index in [4.69, 9.17) is 9.41 Å². The Morgan fingerprint density at radius 1 is 0.667 bits per heavy atom. The largest absolute Gasteiger partial charge is 0.456 e. The number of allylic oxidation sites excluding steroid dienone is 1. The number of fused-ring (bicyclic) bond motifs is 4. The number of rotatable bonds is 8. The Hall–Kier alpha value is -5.41. The number of nitrogens with one attached hydrogen (secondary N) is 1. The molecule has 238 valence electrons. The summed E-state index contributed by atoms with van der Waals surface area (Å²) in [6, 6.07) is 43.6. The van der Waals surface area contributed by atoms with Crippen molar-refractivity contribution in [3.05, 3.63) is 144 Å². The molecule has 0 amide bonds. The number of aliphatic imine (C=N–C) groups is 1. The van der Waals surface area contributed by atoms with Crippen LogP contribution in [0.2, 0.25) is 0 Å². The standard InChI is InChI=1S/C45H42N2O/c1-7-30(5)45(33-20-21-41-40-14-10-11-15-42(40)48-43(41)27-33)47-44(28(2)3)32-18-16-31(17-19-32)36-22-23-37(39-13-9-8-12-38(36)39)34-24-29(4)25-35(26-34)46-6/h8-27,30,46H,7H2,1-6H3/b47-45+. The first-order valence-corrected chi connectivity index (χ1v) is 16.9. The Morgan fingerprint density at radius 2 is 1.29 bits per heavy atom. The van der Waals surface area contributed by atoms with Gasteiger partial charge < -0.3 is 9.73 Å². The summed E-state index contributed by atoms with van der Waals surface area (Å²) in [5.74, 6) is 0.280. The van der Waals surface area contributed by atoms with Gasteiger partial charge >= 0.3 is 0 Å². The van der Waals surface area contributed by atoms with E-state index in [0.29, 0.717) is 0 Å². The summed E-state index contributed by atoms with van der Waals surface area (Å²) < 4.78 is 6.26. The van der Waals surface area contributed by atoms with Gasteiger partial charge in [-0.1, -0.05) is 110 Å². The molecule has 0 aliphatic heterocycles. The first kappa shape index (κ1) is 31.2. The lowest BCUT2D eigenvalue weighted by Crippen LogP contribution is -2.12. The second-order valence-corrected chi connectivity index (χ2v) is 13.1. The van der Waals surface area contributed by atoms with Crippen molar-refractivity contribution in [3.8, 4) is 22.3 Å². The van der Waals surface area contributed by atoms with Crippen LogP contribution in [0.25, 0.3) is 60.7 Å². The van der Waals surface area contributed by atoms with Crippen LogP contribution >= 0.6 is 0 Å². The van der Waals surface area contributed by atoms with Crippen molar-refractivity contribution < 1.29 is 4.42 Å². The first-order valence-electron chi connectivity index (χ1n) is 16.9. The van der Waals surface area contributed by atoms with E-state index in [2.05, 4.69) is 149 Å². The third-order valence-electron chi connectivity index (χ3n) is 9.53. The van der Waals surface area contributed by atoms with Crippen molar-refractivity contribution in [2.24, 2.45) is 10.9 Å². The first-order chi connectivity index (χ1) is 23.3. The topological polar surface area (TPSA) is 37.5 Å². The molecule has 48 heavy (non-hydrogen) atoms. The molecular weight excluding hydrogens is 585 g/mol. The molecule has 0 radical (unpaired) electrons. The SMILES string of the molecule is CCC(C)/C(=N\C(=C(C)C)c1ccc(-c2ccc(-c3cc(C)cc(NC)c3)c3ccccc23)cc1)c1ccc2c(c1)oc1ccccc12. The number of nitrogens with zero attached hydrogens (tertiary/aromatic N) is 1. The van der Waals surface area contributed by atoms with Gasteiger partial charge in [0.1, 0.15) is 11.2 Å². The molecule has 0 aliphatic carbocycles. The molecule has 3 nitrogen and oxygen atoms in total. The van der Waals surface area contributed by atoms with Crippen LogP contribution in [0, 0.1) is 12.8 Å². The Bertz CT molecular complexity index is 2350. The second-order valence-electron chi connectivity index (χ2n) is 13.1. The minimum Gasteiger partial charge on any atom is -0.456 e. The molecule has 7 aromatic rings. The molecule has 1 atom stereocenters. The highest BCUT2D eigenvalue weighted by atomic mass is 16.3. The Balaban J connectivity index is 1.27. The van der Waals surface area contributed by atoms with Crippen LogP contribution in [0.1, 0.15) is 50.8 Å². The summed E-state index contributed by atoms with van der Waals surface area (Å²) in [5.41, 5.74) is 14.6. The van der Waals surface area contributed by atoms with Crippen LogP contribution < -0.4 is 5.32 Å². The fourth-order valence-electron chi connectivity index (χ4n) is 6.82. The second kappa shape index (κ2) is 13.0. The van der Waals surface area contributed by atoms with Crippen LogP contribution in [-0.2, 0) is 0 Å². The molecule has 1 heterocycles. The molecule has 6 aromatic carbocycles. The molecule has 0 saturated carbocycles. The molecule has 0 saturated heterocycles. The zero-order valence-electron chi connectivity index (χ0n) is 28.7. The van der Waals surface area contributed by atoms with E-state index in [1.54, 1.807) is 0 Å². The van der Waals surface area contributed by atoms with E-state index in [1.165, 1.54) is 44.2 Å². The third kappa shape index (κ3) is 5.82. The van der Waals surface area contributed by atoms with Gasteiger partial charge in [-0.2, -0.15) is 0 Å². The normalized spacial score (nSPS) is 12.5. The van der Waals surface area contributed by atoms with Crippen molar-refractivity contribution in [2.45, 2.75) is 41.0 Å². The zero-order valence-corrected chi connectivity index (χ0v) is 28.7. The predicted octanol–water partition coefficient (Wildman–Crippen LogP) is 12.7. The molecule has 0 spiro atoms. The minimum absolute atomic E-state index is 0.280. The van der Waals surface area contributed by atoms with E-state index in [-0.39, 0.29) is 5.92 Å². The average Bonchev–Trinajstić information content (AvgIpc) is 3.49. The van der Waals surface area contributed by atoms with Gasteiger partial charge in [0.25, 0.3) is 0 Å². The predicted molar refractivity (Wildman–Crippen MR) is 207 cm³/mol. The zero-order chi connectivity index (χ0) is 33.4. The molecule has 0 aliphatic rings. The van der Waals surface area contributed by atoms with Crippen molar-refractivity contribution in [1.29, 1.82) is 0 Å². The monoisotopic (exact) mass is 626 g/mol. The van der Waals surface area contributed by atoms with Gasteiger partial charge in [-0.05, 0) is 108 Å². The number of para-hydroxylation sites is 1. The van der Waals surface area contributed by atoms with E-state index >= 15 is 0 Å². The number of hydrogen-bond donors (Lipinski definition) is 1. The Morgan fingerprint density at radius 3 is 1.96 bits per heavy atom. The van der Waals surface area contributed by atoms with E-state index in [1.807, 2.05) is 19.2 Å². The maximum Gasteiger partial charge on any atom is 0.136 e. The van der Waals surface area contributed by atoms with Crippen LogP contribution in [0.4, 0.5) is 5.69 Å². The fraction of sp³-hybridized carbons (Fsp3) is 0.178. The maximum absolute atomic E-state index is 6.26. The third-order valence-corrected chi connectivity index (χ3v) is 9.53. The molecule has 7 rings (SSSR count). The smallest absolute Gasteiger partial charge is 0.136 e. The molecule has 0 bridgehead atoms. The minimum atomic E-state index is 0.280. The van der Waals surface area contributed by atoms with Gasteiger partial charge in [0.05, 0.1) is 11.4 Å². The van der Waals surface area contributed by atoms with Crippen LogP contribution in [0.3, 0.4) is 0 Å². The Kier molecular flexibility index (Phi) is 8.45. The van der Waals surface area contributed by atoms with Crippen molar-refractivity contribution in [2.75, 3.05) is 12.4 Å². The number of benzene rings is 6. The average molecular weight is 627 g/mol. The lowest BCUT2D eigenvalue weighted by Gasteiger charge is -2.17. The summed E-state index contributed by atoms with van der Waals surface area (Å²) >= 11 is 0. The van der Waals surface area contributed by atoms with E-state index in [0.717, 1.165) is 56.6 Å². The van der Waals surface area contributed by atoms with E-state index in [9.17, 15) is 0 Å². The fourth-order valence-corrected chi connectivity index (χ4v) is 6.82. The maximum atomic E-state index is 6.26. The summed E-state index contributed by atoms with van der Waals surface area (Å²) in [6.07, 6.45) is 0.994. The van der Waals surface area contributed by atoms with Crippen molar-refractivity contribution in [1.82, 2.24) is 0 Å². The summed E-state index contributed by atoms with van der Waals surface area (Å²) in [5, 5.41) is 8.09. The highest BCUT2D eigenvalue weighted by molar-refractivity contribution is 6.11. The highest BCUT2D eigenvalue weighted by Crippen LogP contribution is 2.38. The van der Waals surface area contributed by atoms with Crippen LogP contribution in [-0.4, -0.2) is 12.8 Å². The van der Waals surface area contributed by atoms with Gasteiger partial charge in [0.2, 0.25) is 0 Å². The quantitative estimate of drug-likeness (QED) is 0.170. The number of hydrogen-bond acceptors (Lipinski definition) is 3. The lowest BCUT2D eigenvalue weighted by atomic mass is 9.91. The molecule has 1 N–H and O–H groups in total. The van der Waals surface area contributed by atoms with Crippen molar-refractivity contribution in [3.63, 3.8) is 0 Å². The highest BCUT2D eigenvalue weighted by Gasteiger charge is 2.17. The van der Waals surface area contributed by atoms with E-state index < -0.39 is 0 Å².